The van der Waals surface area contributed by atoms with Crippen molar-refractivity contribution in [1.29, 1.82) is 0 Å². The molecule has 2 aromatic carbocycles. The molecular weight excluding hydrogens is 312 g/mol. The predicted octanol–water partition coefficient (Wildman–Crippen LogP) is 3.70. The van der Waals surface area contributed by atoms with Gasteiger partial charge in [0, 0.05) is 18.2 Å². The van der Waals surface area contributed by atoms with Crippen LogP contribution in [-0.2, 0) is 6.42 Å². The summed E-state index contributed by atoms with van der Waals surface area (Å²) in [7, 11) is 0. The molecule has 0 aliphatic heterocycles. The van der Waals surface area contributed by atoms with Gasteiger partial charge in [-0.3, -0.25) is 0 Å². The van der Waals surface area contributed by atoms with E-state index in [0.717, 1.165) is 23.2 Å². The van der Waals surface area contributed by atoms with Crippen molar-refractivity contribution in [1.82, 2.24) is 9.97 Å². The number of nitrogens with zero attached hydrogens (tertiary/aromatic N) is 2. The Labute approximate surface area is 147 Å². The molecule has 128 valence electrons. The molecule has 3 rings (SSSR count). The zero-order valence-electron chi connectivity index (χ0n) is 14.5. The van der Waals surface area contributed by atoms with Gasteiger partial charge in [-0.1, -0.05) is 30.3 Å². The molecule has 0 saturated heterocycles. The molecule has 0 atom stereocenters. The van der Waals surface area contributed by atoms with Gasteiger partial charge in [-0.25, -0.2) is 4.98 Å². The highest BCUT2D eigenvalue weighted by Crippen LogP contribution is 2.26. The Hall–Kier alpha value is -3.08. The van der Waals surface area contributed by atoms with Crippen LogP contribution in [-0.4, -0.2) is 21.6 Å². The fraction of sp³-hybridized carbons (Fsp3) is 0.200. The van der Waals surface area contributed by atoms with E-state index in [-0.39, 0.29) is 11.7 Å². The number of rotatable bonds is 5. The highest BCUT2D eigenvalue weighted by Gasteiger charge is 2.08. The first-order chi connectivity index (χ1) is 12.0. The van der Waals surface area contributed by atoms with Gasteiger partial charge in [0.1, 0.15) is 11.6 Å². The van der Waals surface area contributed by atoms with Crippen LogP contribution in [0.15, 0.2) is 48.5 Å². The Morgan fingerprint density at radius 3 is 2.64 bits per heavy atom. The second-order valence-electron chi connectivity index (χ2n) is 6.09. The third-order valence-electron chi connectivity index (χ3n) is 4.25. The molecule has 0 saturated carbocycles. The minimum absolute atomic E-state index is 0.248. The quantitative estimate of drug-likeness (QED) is 0.662. The molecule has 0 aliphatic rings. The number of hydrogen-bond acceptors (Lipinski definition) is 5. The largest absolute Gasteiger partial charge is 0.508 e. The van der Waals surface area contributed by atoms with Crippen LogP contribution in [0, 0.1) is 13.8 Å². The molecule has 5 nitrogen and oxygen atoms in total. The number of aryl methyl sites for hydroxylation is 1. The van der Waals surface area contributed by atoms with E-state index in [4.69, 9.17) is 5.73 Å². The minimum atomic E-state index is 0.248. The van der Waals surface area contributed by atoms with Crippen molar-refractivity contribution >= 4 is 11.8 Å². The molecule has 1 heterocycles. The highest BCUT2D eigenvalue weighted by molar-refractivity contribution is 5.68. The SMILES string of the molecule is Cc1cccc(-c2cc(NCCc3cccc(O)c3)nc(N)n2)c1C. The van der Waals surface area contributed by atoms with E-state index < -0.39 is 0 Å². The lowest BCUT2D eigenvalue weighted by atomic mass is 10.0. The molecule has 5 heteroatoms. The molecule has 0 spiro atoms. The molecule has 0 bridgehead atoms. The van der Waals surface area contributed by atoms with Crippen LogP contribution in [0.2, 0.25) is 0 Å². The predicted molar refractivity (Wildman–Crippen MR) is 102 cm³/mol. The Morgan fingerprint density at radius 1 is 1.04 bits per heavy atom. The first-order valence-electron chi connectivity index (χ1n) is 8.26. The molecule has 0 aliphatic carbocycles. The number of phenols is 1. The van der Waals surface area contributed by atoms with Crippen LogP contribution in [0.25, 0.3) is 11.3 Å². The number of anilines is 2. The average Bonchev–Trinajstić information content (AvgIpc) is 2.57. The van der Waals surface area contributed by atoms with Crippen molar-refractivity contribution in [3.63, 3.8) is 0 Å². The second kappa shape index (κ2) is 7.21. The number of phenolic OH excluding ortho intramolecular Hbond substituents is 1. The zero-order chi connectivity index (χ0) is 17.8. The summed E-state index contributed by atoms with van der Waals surface area (Å²) in [5.41, 5.74) is 11.2. The zero-order valence-corrected chi connectivity index (χ0v) is 14.5. The number of nitrogens with two attached hydrogens (primary N) is 1. The Bertz CT molecular complexity index is 893. The van der Waals surface area contributed by atoms with E-state index in [2.05, 4.69) is 35.2 Å². The van der Waals surface area contributed by atoms with Gasteiger partial charge in [0.05, 0.1) is 5.69 Å². The van der Waals surface area contributed by atoms with Crippen LogP contribution in [0.4, 0.5) is 11.8 Å². The Balaban J connectivity index is 1.76. The molecule has 0 unspecified atom stereocenters. The summed E-state index contributed by atoms with van der Waals surface area (Å²) >= 11 is 0. The Kier molecular flexibility index (Phi) is 4.84. The standard InChI is InChI=1S/C20H22N4O/c1-13-5-3-8-17(14(13)2)18-12-19(24-20(21)23-18)22-10-9-15-6-4-7-16(25)11-15/h3-8,11-12,25H,9-10H2,1-2H3,(H3,21,22,23,24). The van der Waals surface area contributed by atoms with Gasteiger partial charge in [-0.2, -0.15) is 4.98 Å². The maximum atomic E-state index is 9.52. The van der Waals surface area contributed by atoms with Crippen molar-refractivity contribution in [3.05, 3.63) is 65.2 Å². The van der Waals surface area contributed by atoms with Gasteiger partial charge in [0.15, 0.2) is 0 Å². The van der Waals surface area contributed by atoms with Crippen LogP contribution in [0.1, 0.15) is 16.7 Å². The van der Waals surface area contributed by atoms with Crippen LogP contribution >= 0.6 is 0 Å². The van der Waals surface area contributed by atoms with Crippen molar-refractivity contribution in [2.45, 2.75) is 20.3 Å². The highest BCUT2D eigenvalue weighted by atomic mass is 16.3. The van der Waals surface area contributed by atoms with E-state index in [1.807, 2.05) is 30.3 Å². The fourth-order valence-corrected chi connectivity index (χ4v) is 2.77. The van der Waals surface area contributed by atoms with E-state index in [1.165, 1.54) is 11.1 Å². The number of aromatic nitrogens is 2. The molecular formula is C20H22N4O. The van der Waals surface area contributed by atoms with Gasteiger partial charge in [-0.05, 0) is 49.1 Å². The minimum Gasteiger partial charge on any atom is -0.508 e. The number of hydrogen-bond donors (Lipinski definition) is 3. The number of nitrogens with one attached hydrogen (secondary N) is 1. The second-order valence-corrected chi connectivity index (χ2v) is 6.09. The molecule has 0 radical (unpaired) electrons. The monoisotopic (exact) mass is 334 g/mol. The fourth-order valence-electron chi connectivity index (χ4n) is 2.77. The molecule has 25 heavy (non-hydrogen) atoms. The molecule has 1 aromatic heterocycles. The topological polar surface area (TPSA) is 84.1 Å². The van der Waals surface area contributed by atoms with Crippen molar-refractivity contribution in [3.8, 4) is 17.0 Å². The summed E-state index contributed by atoms with van der Waals surface area (Å²) < 4.78 is 0. The first kappa shape index (κ1) is 16.8. The lowest BCUT2D eigenvalue weighted by Crippen LogP contribution is -2.08. The summed E-state index contributed by atoms with van der Waals surface area (Å²) in [6.07, 6.45) is 0.775. The first-order valence-corrected chi connectivity index (χ1v) is 8.26. The normalized spacial score (nSPS) is 10.6. The van der Waals surface area contributed by atoms with Crippen molar-refractivity contribution in [2.24, 2.45) is 0 Å². The number of aromatic hydroxyl groups is 1. The van der Waals surface area contributed by atoms with Gasteiger partial charge in [-0.15, -0.1) is 0 Å². The summed E-state index contributed by atoms with van der Waals surface area (Å²) in [5.74, 6) is 1.22. The smallest absolute Gasteiger partial charge is 0.222 e. The molecule has 3 aromatic rings. The Morgan fingerprint density at radius 2 is 1.84 bits per heavy atom. The number of nitrogen functional groups attached to an aromatic ring is 1. The summed E-state index contributed by atoms with van der Waals surface area (Å²) in [5, 5.41) is 12.8. The van der Waals surface area contributed by atoms with E-state index in [0.29, 0.717) is 12.4 Å². The molecule has 0 amide bonds. The summed E-state index contributed by atoms with van der Waals surface area (Å²) in [6.45, 7) is 4.85. The summed E-state index contributed by atoms with van der Waals surface area (Å²) in [6, 6.07) is 15.3. The van der Waals surface area contributed by atoms with E-state index in [9.17, 15) is 5.11 Å². The van der Waals surface area contributed by atoms with Crippen molar-refractivity contribution < 1.29 is 5.11 Å². The lowest BCUT2D eigenvalue weighted by molar-refractivity contribution is 0.474. The third kappa shape index (κ3) is 4.07. The van der Waals surface area contributed by atoms with E-state index in [1.54, 1.807) is 12.1 Å². The maximum absolute atomic E-state index is 9.52. The van der Waals surface area contributed by atoms with Crippen LogP contribution in [0.3, 0.4) is 0 Å². The van der Waals surface area contributed by atoms with Crippen LogP contribution < -0.4 is 11.1 Å². The van der Waals surface area contributed by atoms with Gasteiger partial charge >= 0.3 is 0 Å². The summed E-state index contributed by atoms with van der Waals surface area (Å²) in [4.78, 5) is 8.64. The lowest BCUT2D eigenvalue weighted by Gasteiger charge is -2.11. The van der Waals surface area contributed by atoms with Gasteiger partial charge < -0.3 is 16.2 Å². The molecule has 4 N–H and O–H groups in total. The third-order valence-corrected chi connectivity index (χ3v) is 4.25. The average molecular weight is 334 g/mol. The molecule has 0 fully saturated rings. The van der Waals surface area contributed by atoms with Gasteiger partial charge in [0.25, 0.3) is 0 Å². The number of benzene rings is 2. The van der Waals surface area contributed by atoms with Crippen LogP contribution in [0.5, 0.6) is 5.75 Å². The maximum Gasteiger partial charge on any atom is 0.222 e. The van der Waals surface area contributed by atoms with E-state index >= 15 is 0 Å². The van der Waals surface area contributed by atoms with Crippen molar-refractivity contribution in [2.75, 3.05) is 17.6 Å². The van der Waals surface area contributed by atoms with Gasteiger partial charge in [0.2, 0.25) is 5.95 Å².